The third-order valence-electron chi connectivity index (χ3n) is 3.64. The highest BCUT2D eigenvalue weighted by Gasteiger charge is 2.32. The van der Waals surface area contributed by atoms with Gasteiger partial charge in [0, 0.05) is 10.5 Å². The van der Waals surface area contributed by atoms with Gasteiger partial charge in [0.15, 0.2) is 0 Å². The number of phenolic OH excluding ortho intramolecular Hbond substituents is 1. The van der Waals surface area contributed by atoms with Crippen LogP contribution in [0.2, 0.25) is 0 Å². The summed E-state index contributed by atoms with van der Waals surface area (Å²) < 4.78 is 0. The second-order valence-corrected chi connectivity index (χ2v) is 9.24. The molecule has 0 saturated heterocycles. The molecule has 0 heterocycles. The highest BCUT2D eigenvalue weighted by molar-refractivity contribution is 7.80. The first-order valence-electron chi connectivity index (χ1n) is 7.27. The van der Waals surface area contributed by atoms with E-state index in [2.05, 4.69) is 68.4 Å². The van der Waals surface area contributed by atoms with E-state index in [4.69, 9.17) is 12.6 Å². The van der Waals surface area contributed by atoms with Gasteiger partial charge in [-0.15, -0.1) is 12.6 Å². The van der Waals surface area contributed by atoms with E-state index in [1.54, 1.807) is 0 Å². The molecule has 1 nitrogen and oxygen atoms in total. The molecule has 1 aromatic carbocycles. The van der Waals surface area contributed by atoms with Gasteiger partial charge in [-0.25, -0.2) is 0 Å². The van der Waals surface area contributed by atoms with E-state index in [1.165, 1.54) is 5.56 Å². The Hall–Kier alpha value is -0.630. The van der Waals surface area contributed by atoms with Crippen LogP contribution >= 0.6 is 12.6 Å². The Morgan fingerprint density at radius 2 is 1.15 bits per heavy atom. The molecule has 0 atom stereocenters. The van der Waals surface area contributed by atoms with E-state index in [-0.39, 0.29) is 16.2 Å². The molecule has 114 valence electrons. The third-order valence-corrected chi connectivity index (χ3v) is 4.10. The molecule has 0 aliphatic carbocycles. The topological polar surface area (TPSA) is 20.2 Å². The summed E-state index contributed by atoms with van der Waals surface area (Å²) in [5.41, 5.74) is 2.94. The lowest BCUT2D eigenvalue weighted by Crippen LogP contribution is -2.22. The summed E-state index contributed by atoms with van der Waals surface area (Å²) in [7, 11) is 0. The maximum absolute atomic E-state index is 10.8. The Morgan fingerprint density at radius 3 is 1.45 bits per heavy atom. The van der Waals surface area contributed by atoms with Crippen molar-refractivity contribution in [2.24, 2.45) is 0 Å². The normalized spacial score (nSPS) is 13.7. The summed E-state index contributed by atoms with van der Waals surface area (Å²) >= 11 is 4.75. The fourth-order valence-electron chi connectivity index (χ4n) is 2.52. The summed E-state index contributed by atoms with van der Waals surface area (Å²) in [6.07, 6.45) is 0. The Labute approximate surface area is 130 Å². The summed E-state index contributed by atoms with van der Waals surface area (Å²) in [6.45, 7) is 19.4. The molecule has 0 amide bonds. The number of thiol groups is 1. The van der Waals surface area contributed by atoms with Crippen LogP contribution in [0, 0.1) is 0 Å². The van der Waals surface area contributed by atoms with Gasteiger partial charge in [-0.05, 0) is 33.4 Å². The van der Waals surface area contributed by atoms with Gasteiger partial charge in [-0.1, -0.05) is 62.3 Å². The Kier molecular flexibility index (Phi) is 4.34. The van der Waals surface area contributed by atoms with Crippen molar-refractivity contribution in [3.8, 4) is 5.75 Å². The Morgan fingerprint density at radius 1 is 0.750 bits per heavy atom. The lowest BCUT2D eigenvalue weighted by atomic mass is 9.74. The smallest absolute Gasteiger partial charge is 0.124 e. The molecular weight excluding hydrogens is 264 g/mol. The molecule has 1 aromatic rings. The lowest BCUT2D eigenvalue weighted by Gasteiger charge is -2.33. The van der Waals surface area contributed by atoms with Gasteiger partial charge in [0.25, 0.3) is 0 Å². The molecule has 0 fully saturated rings. The number of aromatic hydroxyl groups is 1. The van der Waals surface area contributed by atoms with E-state index in [1.807, 2.05) is 0 Å². The van der Waals surface area contributed by atoms with Gasteiger partial charge >= 0.3 is 0 Å². The summed E-state index contributed by atoms with van der Waals surface area (Å²) in [5, 5.41) is 10.8. The molecule has 0 aliphatic heterocycles. The largest absolute Gasteiger partial charge is 0.507 e. The van der Waals surface area contributed by atoms with Crippen molar-refractivity contribution >= 4 is 12.6 Å². The molecule has 0 bridgehead atoms. The Balaban J connectivity index is 3.86. The maximum atomic E-state index is 10.8. The SMILES string of the molecule is CC(C)(C)c1cc(C(C)(C)C)c(S)c(C(C)(C)C)c1O. The van der Waals surface area contributed by atoms with E-state index >= 15 is 0 Å². The van der Waals surface area contributed by atoms with Crippen LogP contribution in [0.4, 0.5) is 0 Å². The average Bonchev–Trinajstić information content (AvgIpc) is 2.10. The van der Waals surface area contributed by atoms with Crippen molar-refractivity contribution in [1.82, 2.24) is 0 Å². The van der Waals surface area contributed by atoms with E-state index in [0.717, 1.165) is 16.0 Å². The summed E-state index contributed by atoms with van der Waals surface area (Å²) in [6, 6.07) is 2.13. The molecule has 2 heteroatoms. The molecule has 0 saturated carbocycles. The molecular formula is C18H30OS. The predicted molar refractivity (Wildman–Crippen MR) is 91.5 cm³/mol. The molecule has 20 heavy (non-hydrogen) atoms. The summed E-state index contributed by atoms with van der Waals surface area (Å²) in [4.78, 5) is 0.926. The molecule has 0 aliphatic rings. The number of benzene rings is 1. The van der Waals surface area contributed by atoms with E-state index in [9.17, 15) is 5.11 Å². The molecule has 1 N–H and O–H groups in total. The number of phenols is 1. The monoisotopic (exact) mass is 294 g/mol. The maximum Gasteiger partial charge on any atom is 0.124 e. The van der Waals surface area contributed by atoms with Crippen LogP contribution in [0.3, 0.4) is 0 Å². The van der Waals surface area contributed by atoms with Crippen LogP contribution in [0.15, 0.2) is 11.0 Å². The fraction of sp³-hybridized carbons (Fsp3) is 0.667. The second kappa shape index (κ2) is 4.98. The average molecular weight is 295 g/mol. The molecule has 0 spiro atoms. The van der Waals surface area contributed by atoms with Crippen LogP contribution in [0.5, 0.6) is 5.75 Å². The van der Waals surface area contributed by atoms with Gasteiger partial charge in [-0.3, -0.25) is 0 Å². The Bertz CT molecular complexity index is 470. The molecule has 0 radical (unpaired) electrons. The van der Waals surface area contributed by atoms with Crippen LogP contribution in [-0.2, 0) is 16.2 Å². The quantitative estimate of drug-likeness (QED) is 0.599. The van der Waals surface area contributed by atoms with Crippen molar-refractivity contribution < 1.29 is 5.11 Å². The fourth-order valence-corrected chi connectivity index (χ4v) is 3.36. The van der Waals surface area contributed by atoms with Crippen molar-refractivity contribution in [2.45, 2.75) is 83.5 Å². The van der Waals surface area contributed by atoms with E-state index in [0.29, 0.717) is 5.75 Å². The first-order valence-corrected chi connectivity index (χ1v) is 7.72. The first kappa shape index (κ1) is 17.4. The zero-order valence-electron chi connectivity index (χ0n) is 14.5. The predicted octanol–water partition coefficient (Wildman–Crippen LogP) is 5.57. The lowest BCUT2D eigenvalue weighted by molar-refractivity contribution is 0.414. The van der Waals surface area contributed by atoms with Crippen LogP contribution < -0.4 is 0 Å². The van der Waals surface area contributed by atoms with Crippen LogP contribution in [0.1, 0.15) is 79.0 Å². The van der Waals surface area contributed by atoms with Crippen molar-refractivity contribution in [1.29, 1.82) is 0 Å². The summed E-state index contributed by atoms with van der Waals surface area (Å²) in [5.74, 6) is 0.406. The van der Waals surface area contributed by atoms with Gasteiger partial charge < -0.3 is 5.11 Å². The minimum atomic E-state index is -0.136. The number of rotatable bonds is 0. The molecule has 1 rings (SSSR count). The molecule has 0 aromatic heterocycles. The standard InChI is InChI=1S/C18H30OS/c1-16(2,3)11-10-12(17(4,5)6)15(20)13(14(11)19)18(7,8)9/h10,19-20H,1-9H3. The second-order valence-electron chi connectivity index (χ2n) is 8.79. The number of hydrogen-bond acceptors (Lipinski definition) is 2. The van der Waals surface area contributed by atoms with Gasteiger partial charge in [0.2, 0.25) is 0 Å². The van der Waals surface area contributed by atoms with Crippen LogP contribution in [-0.4, -0.2) is 5.11 Å². The minimum Gasteiger partial charge on any atom is -0.507 e. The minimum absolute atomic E-state index is 0.00475. The highest BCUT2D eigenvalue weighted by Crippen LogP contribution is 2.46. The van der Waals surface area contributed by atoms with E-state index < -0.39 is 0 Å². The van der Waals surface area contributed by atoms with Crippen molar-refractivity contribution in [3.05, 3.63) is 22.8 Å². The zero-order chi connectivity index (χ0) is 16.1. The molecule has 0 unspecified atom stereocenters. The van der Waals surface area contributed by atoms with Gasteiger partial charge in [0.1, 0.15) is 5.75 Å². The van der Waals surface area contributed by atoms with Crippen molar-refractivity contribution in [2.75, 3.05) is 0 Å². The van der Waals surface area contributed by atoms with Crippen molar-refractivity contribution in [3.63, 3.8) is 0 Å². The highest BCUT2D eigenvalue weighted by atomic mass is 32.1. The van der Waals surface area contributed by atoms with Crippen LogP contribution in [0.25, 0.3) is 0 Å². The number of hydrogen-bond donors (Lipinski definition) is 2. The zero-order valence-corrected chi connectivity index (χ0v) is 15.4. The third kappa shape index (κ3) is 3.33. The van der Waals surface area contributed by atoms with Gasteiger partial charge in [0.05, 0.1) is 0 Å². The first-order chi connectivity index (χ1) is 8.67. The van der Waals surface area contributed by atoms with Gasteiger partial charge in [-0.2, -0.15) is 0 Å².